The summed E-state index contributed by atoms with van der Waals surface area (Å²) in [5.74, 6) is -0.155. The number of benzene rings is 1. The van der Waals surface area contributed by atoms with Gasteiger partial charge in [-0.3, -0.25) is 9.36 Å². The number of thioether (sulfide) groups is 1. The molecule has 0 aliphatic carbocycles. The zero-order valence-electron chi connectivity index (χ0n) is 11.6. The summed E-state index contributed by atoms with van der Waals surface area (Å²) in [6.45, 7) is 3.93. The van der Waals surface area contributed by atoms with Crippen molar-refractivity contribution < 1.29 is 14.6 Å². The maximum absolute atomic E-state index is 10.7. The van der Waals surface area contributed by atoms with Gasteiger partial charge in [-0.05, 0) is 31.5 Å². The molecule has 106 valence electrons. The van der Waals surface area contributed by atoms with Crippen LogP contribution in [0.15, 0.2) is 29.6 Å². The third-order valence-corrected chi connectivity index (χ3v) is 3.74. The van der Waals surface area contributed by atoms with Crippen LogP contribution in [0.1, 0.15) is 11.3 Å². The molecular formula is C14H16N2O3S. The molecule has 0 saturated heterocycles. The Morgan fingerprint density at radius 2 is 2.20 bits per heavy atom. The van der Waals surface area contributed by atoms with E-state index in [1.54, 1.807) is 13.3 Å². The Kier molecular flexibility index (Phi) is 4.34. The van der Waals surface area contributed by atoms with Crippen molar-refractivity contribution in [2.75, 3.05) is 12.9 Å². The highest BCUT2D eigenvalue weighted by Gasteiger charge is 2.15. The highest BCUT2D eigenvalue weighted by Crippen LogP contribution is 2.30. The third kappa shape index (κ3) is 2.96. The summed E-state index contributed by atoms with van der Waals surface area (Å²) in [5, 5.41) is 9.45. The zero-order chi connectivity index (χ0) is 14.7. The molecule has 6 heteroatoms. The molecular weight excluding hydrogens is 276 g/mol. The van der Waals surface area contributed by atoms with Crippen LogP contribution >= 0.6 is 11.8 Å². The summed E-state index contributed by atoms with van der Waals surface area (Å²) in [4.78, 5) is 15.0. The molecule has 0 aliphatic heterocycles. The van der Waals surface area contributed by atoms with Gasteiger partial charge in [0, 0.05) is 11.9 Å². The molecule has 0 bridgehead atoms. The van der Waals surface area contributed by atoms with E-state index in [9.17, 15) is 4.79 Å². The van der Waals surface area contributed by atoms with Gasteiger partial charge in [0.2, 0.25) is 0 Å². The van der Waals surface area contributed by atoms with Gasteiger partial charge in [-0.2, -0.15) is 0 Å². The number of nitrogens with zero attached hydrogens (tertiary/aromatic N) is 2. The van der Waals surface area contributed by atoms with E-state index in [1.807, 2.05) is 36.6 Å². The Hall–Kier alpha value is -1.95. The Morgan fingerprint density at radius 3 is 2.85 bits per heavy atom. The molecule has 0 aliphatic rings. The second kappa shape index (κ2) is 6.00. The van der Waals surface area contributed by atoms with E-state index >= 15 is 0 Å². The number of imidazole rings is 1. The minimum absolute atomic E-state index is 0.0232. The van der Waals surface area contributed by atoms with Crippen LogP contribution in [0.5, 0.6) is 5.75 Å². The molecule has 0 unspecified atom stereocenters. The van der Waals surface area contributed by atoms with E-state index in [1.165, 1.54) is 11.8 Å². The number of rotatable bonds is 5. The maximum Gasteiger partial charge on any atom is 0.313 e. The summed E-state index contributed by atoms with van der Waals surface area (Å²) < 4.78 is 7.30. The van der Waals surface area contributed by atoms with Gasteiger partial charge < -0.3 is 9.84 Å². The fourth-order valence-electron chi connectivity index (χ4n) is 1.91. The van der Waals surface area contributed by atoms with Crippen molar-refractivity contribution in [3.8, 4) is 11.4 Å². The average molecular weight is 292 g/mol. The van der Waals surface area contributed by atoms with E-state index in [4.69, 9.17) is 9.84 Å². The summed E-state index contributed by atoms with van der Waals surface area (Å²) in [5.41, 5.74) is 2.90. The number of aromatic nitrogens is 2. The highest BCUT2D eigenvalue weighted by molar-refractivity contribution is 7.99. The lowest BCUT2D eigenvalue weighted by Crippen LogP contribution is -2.04. The summed E-state index contributed by atoms with van der Waals surface area (Å²) in [6, 6.07) is 5.87. The van der Waals surface area contributed by atoms with Gasteiger partial charge in [0.25, 0.3) is 0 Å². The van der Waals surface area contributed by atoms with Crippen LogP contribution in [-0.2, 0) is 4.79 Å². The van der Waals surface area contributed by atoms with Gasteiger partial charge in [0.05, 0.1) is 18.6 Å². The number of aliphatic carboxylic acids is 1. The monoisotopic (exact) mass is 292 g/mol. The Morgan fingerprint density at radius 1 is 1.45 bits per heavy atom. The van der Waals surface area contributed by atoms with E-state index in [-0.39, 0.29) is 5.75 Å². The van der Waals surface area contributed by atoms with Crippen molar-refractivity contribution in [2.45, 2.75) is 19.0 Å². The van der Waals surface area contributed by atoms with Crippen molar-refractivity contribution in [3.05, 3.63) is 35.7 Å². The van der Waals surface area contributed by atoms with Gasteiger partial charge in [-0.25, -0.2) is 4.98 Å². The number of hydrogen-bond acceptors (Lipinski definition) is 4. The lowest BCUT2D eigenvalue weighted by molar-refractivity contribution is -0.133. The fraction of sp³-hybridized carbons (Fsp3) is 0.286. The quantitative estimate of drug-likeness (QED) is 0.858. The first kappa shape index (κ1) is 14.5. The van der Waals surface area contributed by atoms with E-state index in [0.717, 1.165) is 22.7 Å². The van der Waals surface area contributed by atoms with Crippen LogP contribution < -0.4 is 4.74 Å². The molecule has 20 heavy (non-hydrogen) atoms. The summed E-state index contributed by atoms with van der Waals surface area (Å²) in [6.07, 6.45) is 1.73. The van der Waals surface area contributed by atoms with Gasteiger partial charge in [-0.15, -0.1) is 0 Å². The van der Waals surface area contributed by atoms with Crippen molar-refractivity contribution in [3.63, 3.8) is 0 Å². The molecule has 2 aromatic rings. The van der Waals surface area contributed by atoms with Gasteiger partial charge in [0.1, 0.15) is 5.75 Å². The Bertz CT molecular complexity index is 637. The predicted octanol–water partition coefficient (Wildman–Crippen LogP) is 2.67. The lowest BCUT2D eigenvalue weighted by atomic mass is 10.2. The van der Waals surface area contributed by atoms with Crippen molar-refractivity contribution >= 4 is 17.7 Å². The lowest BCUT2D eigenvalue weighted by Gasteiger charge is -2.14. The van der Waals surface area contributed by atoms with Gasteiger partial charge in [-0.1, -0.05) is 17.8 Å². The SMILES string of the molecule is COc1ccc(C)cc1-n1c(C)cnc1SCC(=O)O. The molecule has 0 atom stereocenters. The van der Waals surface area contributed by atoms with Crippen LogP contribution in [0.2, 0.25) is 0 Å². The number of aryl methyl sites for hydroxylation is 2. The molecule has 0 spiro atoms. The first-order valence-corrected chi connectivity index (χ1v) is 7.05. The number of carboxylic acids is 1. The maximum atomic E-state index is 10.7. The minimum atomic E-state index is -0.863. The standard InChI is InChI=1S/C14H16N2O3S/c1-9-4-5-12(19-3)11(6-9)16-10(2)7-15-14(16)20-8-13(17)18/h4-7H,8H2,1-3H3,(H,17,18). The van der Waals surface area contributed by atoms with Gasteiger partial charge in [0.15, 0.2) is 5.16 Å². The average Bonchev–Trinajstić information content (AvgIpc) is 2.77. The summed E-state index contributed by atoms with van der Waals surface area (Å²) in [7, 11) is 1.62. The fourth-order valence-corrected chi connectivity index (χ4v) is 2.66. The predicted molar refractivity (Wildman–Crippen MR) is 77.9 cm³/mol. The minimum Gasteiger partial charge on any atom is -0.495 e. The highest BCUT2D eigenvalue weighted by atomic mass is 32.2. The molecule has 0 amide bonds. The zero-order valence-corrected chi connectivity index (χ0v) is 12.4. The molecule has 0 radical (unpaired) electrons. The van der Waals surface area contributed by atoms with E-state index in [0.29, 0.717) is 5.16 Å². The second-order valence-electron chi connectivity index (χ2n) is 4.38. The van der Waals surface area contributed by atoms with Crippen LogP contribution in [-0.4, -0.2) is 33.5 Å². The molecule has 1 aromatic heterocycles. The Labute approximate surface area is 121 Å². The van der Waals surface area contributed by atoms with Crippen molar-refractivity contribution in [1.29, 1.82) is 0 Å². The van der Waals surface area contributed by atoms with Gasteiger partial charge >= 0.3 is 5.97 Å². The normalized spacial score (nSPS) is 10.6. The van der Waals surface area contributed by atoms with E-state index < -0.39 is 5.97 Å². The second-order valence-corrected chi connectivity index (χ2v) is 5.32. The first-order chi connectivity index (χ1) is 9.52. The molecule has 0 fully saturated rings. The van der Waals surface area contributed by atoms with Crippen LogP contribution in [0.25, 0.3) is 5.69 Å². The molecule has 1 N–H and O–H groups in total. The summed E-state index contributed by atoms with van der Waals surface area (Å²) >= 11 is 1.19. The molecule has 0 saturated carbocycles. The third-order valence-electron chi connectivity index (χ3n) is 2.81. The van der Waals surface area contributed by atoms with Crippen LogP contribution in [0, 0.1) is 13.8 Å². The number of ether oxygens (including phenoxy) is 1. The molecule has 5 nitrogen and oxygen atoms in total. The number of hydrogen-bond donors (Lipinski definition) is 1. The number of carboxylic acid groups (broad SMARTS) is 1. The number of carbonyl (C=O) groups is 1. The largest absolute Gasteiger partial charge is 0.495 e. The van der Waals surface area contributed by atoms with Crippen LogP contribution in [0.3, 0.4) is 0 Å². The smallest absolute Gasteiger partial charge is 0.313 e. The van der Waals surface area contributed by atoms with Crippen LogP contribution in [0.4, 0.5) is 0 Å². The Balaban J connectivity index is 2.49. The molecule has 1 aromatic carbocycles. The van der Waals surface area contributed by atoms with E-state index in [2.05, 4.69) is 4.98 Å². The van der Waals surface area contributed by atoms with Crippen molar-refractivity contribution in [2.24, 2.45) is 0 Å². The topological polar surface area (TPSA) is 64.4 Å². The molecule has 1 heterocycles. The van der Waals surface area contributed by atoms with Crippen molar-refractivity contribution in [1.82, 2.24) is 9.55 Å². The number of methoxy groups -OCH3 is 1. The molecule has 2 rings (SSSR count). The first-order valence-electron chi connectivity index (χ1n) is 6.07.